The molecule has 1 amide bonds. The molecular weight excluding hydrogens is 383 g/mol. The number of carbonyl (C=O) groups excluding carboxylic acids is 1. The monoisotopic (exact) mass is 398 g/mol. The van der Waals surface area contributed by atoms with Crippen LogP contribution >= 0.6 is 23.2 Å². The van der Waals surface area contributed by atoms with E-state index in [4.69, 9.17) is 32.7 Å². The van der Waals surface area contributed by atoms with Crippen LogP contribution < -0.4 is 14.8 Å². The first-order chi connectivity index (χ1) is 12.2. The summed E-state index contributed by atoms with van der Waals surface area (Å²) in [5.74, 6) is 0.133. The Balaban J connectivity index is 2.13. The molecule has 0 aromatic heterocycles. The summed E-state index contributed by atoms with van der Waals surface area (Å²) in [5.41, 5.74) is 1.06. The zero-order valence-corrected chi connectivity index (χ0v) is 15.7. The van der Waals surface area contributed by atoms with Crippen molar-refractivity contribution in [2.24, 2.45) is 0 Å². The molecule has 0 aliphatic carbocycles. The molecule has 0 radical (unpaired) electrons. The Morgan fingerprint density at radius 2 is 1.88 bits per heavy atom. The minimum absolute atomic E-state index is 0.0405. The van der Waals surface area contributed by atoms with Gasteiger partial charge in [-0.2, -0.15) is 0 Å². The van der Waals surface area contributed by atoms with Crippen LogP contribution in [0.15, 0.2) is 30.3 Å². The number of nitrogens with zero attached hydrogens (tertiary/aromatic N) is 1. The number of non-ortho nitro benzene ring substituents is 1. The number of ether oxygens (including phenoxy) is 2. The second kappa shape index (κ2) is 8.25. The van der Waals surface area contributed by atoms with Gasteiger partial charge in [-0.3, -0.25) is 14.9 Å². The molecule has 0 bridgehead atoms. The Morgan fingerprint density at radius 3 is 2.46 bits per heavy atom. The van der Waals surface area contributed by atoms with Gasteiger partial charge in [0.2, 0.25) is 0 Å². The van der Waals surface area contributed by atoms with Crippen LogP contribution in [-0.2, 0) is 4.79 Å². The van der Waals surface area contributed by atoms with Crippen molar-refractivity contribution >= 4 is 40.5 Å². The third kappa shape index (κ3) is 4.56. The van der Waals surface area contributed by atoms with Crippen molar-refractivity contribution in [3.63, 3.8) is 0 Å². The second-order valence-electron chi connectivity index (χ2n) is 5.42. The van der Waals surface area contributed by atoms with Crippen LogP contribution in [0.4, 0.5) is 11.4 Å². The molecule has 26 heavy (non-hydrogen) atoms. The molecule has 0 saturated carbocycles. The predicted octanol–water partition coefficient (Wildman–Crippen LogP) is 4.62. The minimum Gasteiger partial charge on any atom is -0.495 e. The summed E-state index contributed by atoms with van der Waals surface area (Å²) in [5, 5.41) is 14.0. The van der Waals surface area contributed by atoms with E-state index in [9.17, 15) is 14.9 Å². The lowest BCUT2D eigenvalue weighted by molar-refractivity contribution is -0.384. The summed E-state index contributed by atoms with van der Waals surface area (Å²) in [6.45, 7) is 3.33. The van der Waals surface area contributed by atoms with Gasteiger partial charge in [-0.1, -0.05) is 23.2 Å². The lowest BCUT2D eigenvalue weighted by atomic mass is 10.2. The molecule has 1 atom stereocenters. The Hall–Kier alpha value is -2.51. The first-order valence-corrected chi connectivity index (χ1v) is 8.24. The zero-order chi connectivity index (χ0) is 19.4. The second-order valence-corrected chi connectivity index (χ2v) is 6.24. The molecule has 0 fully saturated rings. The predicted molar refractivity (Wildman–Crippen MR) is 99.6 cm³/mol. The Morgan fingerprint density at radius 1 is 1.19 bits per heavy atom. The van der Waals surface area contributed by atoms with Crippen LogP contribution in [0, 0.1) is 17.0 Å². The molecule has 0 heterocycles. The highest BCUT2D eigenvalue weighted by Crippen LogP contribution is 2.32. The van der Waals surface area contributed by atoms with Crippen LogP contribution in [0.3, 0.4) is 0 Å². The molecule has 2 aromatic carbocycles. The molecule has 0 spiro atoms. The maximum atomic E-state index is 12.4. The molecule has 9 heteroatoms. The van der Waals surface area contributed by atoms with Gasteiger partial charge in [0.25, 0.3) is 11.6 Å². The number of nitrogens with one attached hydrogen (secondary N) is 1. The highest BCUT2D eigenvalue weighted by Gasteiger charge is 2.19. The summed E-state index contributed by atoms with van der Waals surface area (Å²) in [4.78, 5) is 22.6. The van der Waals surface area contributed by atoms with Gasteiger partial charge in [-0.05, 0) is 31.5 Å². The van der Waals surface area contributed by atoms with Crippen molar-refractivity contribution < 1.29 is 19.2 Å². The van der Waals surface area contributed by atoms with E-state index in [1.54, 1.807) is 19.1 Å². The number of hydrogen-bond acceptors (Lipinski definition) is 5. The van der Waals surface area contributed by atoms with Gasteiger partial charge in [0.1, 0.15) is 11.5 Å². The van der Waals surface area contributed by atoms with Crippen molar-refractivity contribution in [3.05, 3.63) is 56.1 Å². The number of amides is 1. The summed E-state index contributed by atoms with van der Waals surface area (Å²) < 4.78 is 10.7. The Kier molecular flexibility index (Phi) is 6.28. The molecule has 7 nitrogen and oxygen atoms in total. The number of benzene rings is 2. The van der Waals surface area contributed by atoms with Gasteiger partial charge in [0.15, 0.2) is 6.10 Å². The van der Waals surface area contributed by atoms with E-state index in [0.29, 0.717) is 16.5 Å². The number of nitro benzene ring substituents is 1. The lowest BCUT2D eigenvalue weighted by Crippen LogP contribution is -2.30. The number of carbonyl (C=O) groups is 1. The summed E-state index contributed by atoms with van der Waals surface area (Å²) in [6, 6.07) is 7.04. The topological polar surface area (TPSA) is 90.7 Å². The highest BCUT2D eigenvalue weighted by atomic mass is 35.5. The third-order valence-corrected chi connectivity index (χ3v) is 4.24. The van der Waals surface area contributed by atoms with Crippen molar-refractivity contribution in [1.82, 2.24) is 0 Å². The van der Waals surface area contributed by atoms with E-state index in [0.717, 1.165) is 11.6 Å². The highest BCUT2D eigenvalue weighted by molar-refractivity contribution is 6.32. The van der Waals surface area contributed by atoms with Crippen LogP contribution in [0.1, 0.15) is 12.5 Å². The fourth-order valence-corrected chi connectivity index (χ4v) is 2.48. The van der Waals surface area contributed by atoms with E-state index >= 15 is 0 Å². The van der Waals surface area contributed by atoms with E-state index in [-0.39, 0.29) is 16.5 Å². The smallest absolute Gasteiger partial charge is 0.271 e. The Labute approximate surface area is 160 Å². The number of rotatable bonds is 6. The normalized spacial score (nSPS) is 11.6. The number of anilines is 1. The van der Waals surface area contributed by atoms with Crippen molar-refractivity contribution in [2.75, 3.05) is 12.4 Å². The van der Waals surface area contributed by atoms with Crippen LogP contribution in [0.2, 0.25) is 10.0 Å². The third-order valence-electron chi connectivity index (χ3n) is 3.54. The van der Waals surface area contributed by atoms with Gasteiger partial charge in [-0.25, -0.2) is 0 Å². The number of hydrogen-bond donors (Lipinski definition) is 1. The van der Waals surface area contributed by atoms with E-state index in [1.165, 1.54) is 26.2 Å². The number of aryl methyl sites for hydroxylation is 1. The summed E-state index contributed by atoms with van der Waals surface area (Å²) >= 11 is 12.0. The maximum absolute atomic E-state index is 12.4. The molecule has 0 aliphatic rings. The van der Waals surface area contributed by atoms with Gasteiger partial charge < -0.3 is 14.8 Å². The number of methoxy groups -OCH3 is 1. The van der Waals surface area contributed by atoms with Gasteiger partial charge in [-0.15, -0.1) is 0 Å². The minimum atomic E-state index is -0.908. The van der Waals surface area contributed by atoms with Gasteiger partial charge >= 0.3 is 0 Å². The quantitative estimate of drug-likeness (QED) is 0.565. The summed E-state index contributed by atoms with van der Waals surface area (Å²) in [7, 11) is 1.47. The van der Waals surface area contributed by atoms with Crippen molar-refractivity contribution in [1.29, 1.82) is 0 Å². The molecular formula is C17H16Cl2N2O5. The van der Waals surface area contributed by atoms with Crippen LogP contribution in [0.5, 0.6) is 11.5 Å². The molecule has 0 saturated heterocycles. The van der Waals surface area contributed by atoms with Gasteiger partial charge in [0, 0.05) is 23.2 Å². The first-order valence-electron chi connectivity index (χ1n) is 7.48. The maximum Gasteiger partial charge on any atom is 0.271 e. The molecule has 2 aromatic rings. The van der Waals surface area contributed by atoms with E-state index in [2.05, 4.69) is 5.32 Å². The molecule has 0 aliphatic heterocycles. The van der Waals surface area contributed by atoms with Crippen LogP contribution in [-0.4, -0.2) is 24.0 Å². The zero-order valence-electron chi connectivity index (χ0n) is 14.2. The fraction of sp³-hybridized carbons (Fsp3) is 0.235. The molecule has 1 N–H and O–H groups in total. The van der Waals surface area contributed by atoms with Crippen LogP contribution in [0.25, 0.3) is 0 Å². The standard InChI is InChI=1S/C17H16Cl2N2O5/c1-9-6-14(16(25-3)8-12(9)18)20-17(22)10(2)26-15-5-4-11(21(23)24)7-13(15)19/h4-8,10H,1-3H3,(H,20,22)/t10-/m1/s1. The Bertz CT molecular complexity index is 857. The first kappa shape index (κ1) is 19.8. The average Bonchev–Trinajstić information content (AvgIpc) is 2.59. The molecule has 138 valence electrons. The fourth-order valence-electron chi connectivity index (χ4n) is 2.11. The van der Waals surface area contributed by atoms with Crippen molar-refractivity contribution in [3.8, 4) is 11.5 Å². The lowest BCUT2D eigenvalue weighted by Gasteiger charge is -2.17. The average molecular weight is 399 g/mol. The SMILES string of the molecule is COc1cc(Cl)c(C)cc1NC(=O)[C@@H](C)Oc1ccc([N+](=O)[O-])cc1Cl. The summed E-state index contributed by atoms with van der Waals surface area (Å²) in [6.07, 6.45) is -0.908. The van der Waals surface area contributed by atoms with E-state index < -0.39 is 16.9 Å². The number of halogens is 2. The number of nitro groups is 1. The van der Waals surface area contributed by atoms with Crippen molar-refractivity contribution in [2.45, 2.75) is 20.0 Å². The largest absolute Gasteiger partial charge is 0.495 e. The molecule has 2 rings (SSSR count). The van der Waals surface area contributed by atoms with Gasteiger partial charge in [0.05, 0.1) is 22.7 Å². The molecule has 0 unspecified atom stereocenters. The van der Waals surface area contributed by atoms with E-state index in [1.807, 2.05) is 0 Å².